The van der Waals surface area contributed by atoms with Crippen molar-refractivity contribution in [3.05, 3.63) is 11.0 Å². The van der Waals surface area contributed by atoms with Crippen LogP contribution in [0.25, 0.3) is 0 Å². The van der Waals surface area contributed by atoms with E-state index in [1.807, 2.05) is 0 Å². The first-order valence-electron chi connectivity index (χ1n) is 3.06. The number of rotatable bonds is 1. The Morgan fingerprint density at radius 3 is 3.00 bits per heavy atom. The minimum atomic E-state index is -1.08. The Morgan fingerprint density at radius 2 is 2.45 bits per heavy atom. The minimum Gasteiger partial charge on any atom is -0.478 e. The maximum atomic E-state index is 10.9. The van der Waals surface area contributed by atoms with E-state index in [-0.39, 0.29) is 10.8 Å². The number of amides is 1. The number of carbonyl (C=O) groups is 2. The fraction of sp³-hybridized carbons (Fsp3) is 0.333. The molecule has 0 atom stereocenters. The molecule has 1 fully saturated rings. The lowest BCUT2D eigenvalue weighted by molar-refractivity contribution is -0.131. The van der Waals surface area contributed by atoms with Gasteiger partial charge in [-0.15, -0.1) is 11.8 Å². The summed E-state index contributed by atoms with van der Waals surface area (Å²) < 4.78 is 0. The molecule has 1 amide bonds. The van der Waals surface area contributed by atoms with Crippen LogP contribution in [0.3, 0.4) is 0 Å². The Kier molecular flexibility index (Phi) is 2.53. The van der Waals surface area contributed by atoms with E-state index in [0.29, 0.717) is 6.54 Å². The van der Waals surface area contributed by atoms with Crippen molar-refractivity contribution in [2.75, 3.05) is 12.3 Å². The number of carboxylic acids is 1. The van der Waals surface area contributed by atoms with Crippen molar-refractivity contribution in [2.45, 2.75) is 0 Å². The van der Waals surface area contributed by atoms with Crippen LogP contribution in [-0.2, 0) is 9.59 Å². The molecule has 1 heterocycles. The van der Waals surface area contributed by atoms with Gasteiger partial charge in [-0.2, -0.15) is 0 Å². The van der Waals surface area contributed by atoms with Crippen LogP contribution in [0.1, 0.15) is 0 Å². The Hall–Kier alpha value is -0.970. The highest BCUT2D eigenvalue weighted by atomic mass is 32.2. The molecule has 11 heavy (non-hydrogen) atoms. The molecule has 1 rings (SSSR count). The lowest BCUT2D eigenvalue weighted by Gasteiger charge is -2.12. The van der Waals surface area contributed by atoms with Crippen LogP contribution in [0.4, 0.5) is 0 Å². The van der Waals surface area contributed by atoms with E-state index in [9.17, 15) is 9.59 Å². The van der Waals surface area contributed by atoms with Crippen LogP contribution in [-0.4, -0.2) is 29.3 Å². The molecule has 4 nitrogen and oxygen atoms in total. The van der Waals surface area contributed by atoms with E-state index in [4.69, 9.17) is 5.11 Å². The highest BCUT2D eigenvalue weighted by Crippen LogP contribution is 2.17. The van der Waals surface area contributed by atoms with Crippen molar-refractivity contribution >= 4 is 23.6 Å². The zero-order valence-electron chi connectivity index (χ0n) is 5.66. The zero-order chi connectivity index (χ0) is 8.27. The van der Waals surface area contributed by atoms with Gasteiger partial charge in [-0.1, -0.05) is 0 Å². The minimum absolute atomic E-state index is 0.281. The molecular weight excluding hydrogens is 166 g/mol. The second kappa shape index (κ2) is 3.43. The maximum Gasteiger partial charge on any atom is 0.329 e. The molecule has 1 aliphatic rings. The summed E-state index contributed by atoms with van der Waals surface area (Å²) in [6.07, 6.45) is 0.930. The van der Waals surface area contributed by atoms with E-state index < -0.39 is 5.97 Å². The number of aliphatic carboxylic acids is 1. The lowest BCUT2D eigenvalue weighted by atomic mass is 10.4. The summed E-state index contributed by atoms with van der Waals surface area (Å²) in [6.45, 7) is 0.612. The maximum absolute atomic E-state index is 10.9. The topological polar surface area (TPSA) is 66.4 Å². The first kappa shape index (κ1) is 8.13. The number of nitrogens with one attached hydrogen (secondary N) is 1. The number of hydrogen-bond donors (Lipinski definition) is 2. The van der Waals surface area contributed by atoms with Gasteiger partial charge in [-0.05, 0) is 0 Å². The van der Waals surface area contributed by atoms with Gasteiger partial charge in [-0.25, -0.2) is 4.79 Å². The largest absolute Gasteiger partial charge is 0.478 e. The normalized spacial score (nSPS) is 21.5. The third kappa shape index (κ3) is 2.27. The van der Waals surface area contributed by atoms with Gasteiger partial charge < -0.3 is 10.4 Å². The summed E-state index contributed by atoms with van der Waals surface area (Å²) in [5, 5.41) is 10.9. The average Bonchev–Trinajstić information content (AvgIpc) is 1.93. The number of carboxylic acid groups (broad SMARTS) is 1. The first-order valence-corrected chi connectivity index (χ1v) is 4.04. The molecule has 0 bridgehead atoms. The Balaban J connectivity index is 2.68. The highest BCUT2D eigenvalue weighted by Gasteiger charge is 2.15. The van der Waals surface area contributed by atoms with Crippen molar-refractivity contribution in [1.82, 2.24) is 5.32 Å². The first-order chi connectivity index (χ1) is 5.20. The molecule has 0 unspecified atom stereocenters. The molecule has 0 aromatic heterocycles. The second-order valence-corrected chi connectivity index (χ2v) is 3.09. The van der Waals surface area contributed by atoms with Crippen molar-refractivity contribution in [3.63, 3.8) is 0 Å². The smallest absolute Gasteiger partial charge is 0.329 e. The van der Waals surface area contributed by atoms with Crippen LogP contribution in [0.5, 0.6) is 0 Å². The lowest BCUT2D eigenvalue weighted by Crippen LogP contribution is -2.31. The van der Waals surface area contributed by atoms with Crippen molar-refractivity contribution in [2.24, 2.45) is 0 Å². The number of hydrogen-bond acceptors (Lipinski definition) is 3. The molecule has 5 heteroatoms. The number of thioether (sulfide) groups is 1. The molecule has 60 valence electrons. The van der Waals surface area contributed by atoms with Crippen LogP contribution < -0.4 is 5.32 Å². The molecule has 0 aromatic carbocycles. The average molecular weight is 173 g/mol. The zero-order valence-corrected chi connectivity index (χ0v) is 6.48. The van der Waals surface area contributed by atoms with Crippen LogP contribution in [0.15, 0.2) is 11.0 Å². The van der Waals surface area contributed by atoms with E-state index >= 15 is 0 Å². The van der Waals surface area contributed by atoms with Gasteiger partial charge in [-0.3, -0.25) is 4.79 Å². The van der Waals surface area contributed by atoms with Gasteiger partial charge >= 0.3 is 5.97 Å². The molecule has 1 saturated heterocycles. The van der Waals surface area contributed by atoms with Crippen molar-refractivity contribution < 1.29 is 14.7 Å². The van der Waals surface area contributed by atoms with Gasteiger partial charge in [0.2, 0.25) is 0 Å². The summed E-state index contributed by atoms with van der Waals surface area (Å²) in [5.74, 6) is -0.626. The Morgan fingerprint density at radius 1 is 1.73 bits per heavy atom. The molecule has 0 saturated carbocycles. The summed E-state index contributed by atoms with van der Waals surface area (Å²) in [6, 6.07) is 0. The summed E-state index contributed by atoms with van der Waals surface area (Å²) in [7, 11) is 0. The number of carbonyl (C=O) groups excluding carboxylic acids is 1. The van der Waals surface area contributed by atoms with Crippen LogP contribution in [0.2, 0.25) is 0 Å². The van der Waals surface area contributed by atoms with Gasteiger partial charge in [0.25, 0.3) is 5.91 Å². The van der Waals surface area contributed by atoms with E-state index in [1.54, 1.807) is 0 Å². The summed E-state index contributed by atoms with van der Waals surface area (Å²) >= 11 is 1.27. The predicted octanol–water partition coefficient (Wildman–Crippen LogP) is -0.182. The van der Waals surface area contributed by atoms with E-state index in [2.05, 4.69) is 5.32 Å². The molecule has 0 spiro atoms. The van der Waals surface area contributed by atoms with Gasteiger partial charge in [0.15, 0.2) is 0 Å². The molecule has 2 N–H and O–H groups in total. The molecule has 0 aromatic rings. The molecule has 0 aliphatic carbocycles. The van der Waals surface area contributed by atoms with E-state index in [1.165, 1.54) is 11.8 Å². The Bertz CT molecular complexity index is 224. The van der Waals surface area contributed by atoms with E-state index in [0.717, 1.165) is 11.8 Å². The Labute approximate surface area is 67.7 Å². The van der Waals surface area contributed by atoms with Gasteiger partial charge in [0, 0.05) is 18.4 Å². The third-order valence-corrected chi connectivity index (χ3v) is 2.15. The highest BCUT2D eigenvalue weighted by molar-refractivity contribution is 8.04. The molecule has 1 aliphatic heterocycles. The second-order valence-electron chi connectivity index (χ2n) is 1.95. The standard InChI is InChI=1S/C6H7NO3S/c8-5(9)3-4-6(10)7-1-2-11-4/h3H,1-2H2,(H,7,10)(H,8,9)/b4-3-. The van der Waals surface area contributed by atoms with Crippen LogP contribution in [0, 0.1) is 0 Å². The molecular formula is C6H7NO3S. The monoisotopic (exact) mass is 173 g/mol. The fourth-order valence-corrected chi connectivity index (χ4v) is 1.51. The van der Waals surface area contributed by atoms with Crippen molar-refractivity contribution in [3.8, 4) is 0 Å². The SMILES string of the molecule is O=C(O)/C=C1\SCCNC1=O. The summed E-state index contributed by atoms with van der Waals surface area (Å²) in [5.41, 5.74) is 0. The van der Waals surface area contributed by atoms with Crippen LogP contribution >= 0.6 is 11.8 Å². The van der Waals surface area contributed by atoms with Gasteiger partial charge in [0.05, 0.1) is 4.91 Å². The quantitative estimate of drug-likeness (QED) is 0.540. The predicted molar refractivity (Wildman–Crippen MR) is 41.2 cm³/mol. The third-order valence-electron chi connectivity index (χ3n) is 1.12. The fourth-order valence-electron chi connectivity index (χ4n) is 0.698. The molecule has 0 radical (unpaired) electrons. The van der Waals surface area contributed by atoms with Gasteiger partial charge in [0.1, 0.15) is 0 Å². The van der Waals surface area contributed by atoms with Crippen molar-refractivity contribution in [1.29, 1.82) is 0 Å². The summed E-state index contributed by atoms with van der Waals surface area (Å²) in [4.78, 5) is 21.3.